The third kappa shape index (κ3) is 4.96. The number of hydrogen-bond donors (Lipinski definition) is 1. The van der Waals surface area contributed by atoms with Gasteiger partial charge in [0.2, 0.25) is 0 Å². The van der Waals surface area contributed by atoms with Crippen molar-refractivity contribution in [2.45, 2.75) is 25.8 Å². The zero-order chi connectivity index (χ0) is 24.2. The van der Waals surface area contributed by atoms with Gasteiger partial charge in [0, 0.05) is 23.2 Å². The second-order valence-electron chi connectivity index (χ2n) is 8.57. The quantitative estimate of drug-likeness (QED) is 0.324. The Morgan fingerprint density at radius 3 is 2.34 bits per heavy atom. The number of hydrogen-bond acceptors (Lipinski definition) is 3. The lowest BCUT2D eigenvalue weighted by molar-refractivity contribution is 0.0931. The van der Waals surface area contributed by atoms with Crippen LogP contribution in [0.2, 0.25) is 0 Å². The molecule has 0 fully saturated rings. The van der Waals surface area contributed by atoms with Crippen molar-refractivity contribution >= 4 is 11.6 Å². The number of aromatic nitrogens is 3. The molecule has 0 saturated heterocycles. The van der Waals surface area contributed by atoms with E-state index in [9.17, 15) is 9.18 Å². The fourth-order valence-electron chi connectivity index (χ4n) is 4.09. The molecule has 6 heteroatoms. The summed E-state index contributed by atoms with van der Waals surface area (Å²) in [6, 6.07) is 29.7. The maximum atomic E-state index is 14.6. The van der Waals surface area contributed by atoms with Crippen LogP contribution in [-0.4, -0.2) is 26.5 Å². The molecule has 0 radical (unpaired) electrons. The van der Waals surface area contributed by atoms with Gasteiger partial charge in [0.05, 0.1) is 11.4 Å². The average molecular weight is 465 g/mol. The number of amides is 1. The van der Waals surface area contributed by atoms with Crippen LogP contribution >= 0.6 is 0 Å². The van der Waals surface area contributed by atoms with Crippen molar-refractivity contribution in [3.8, 4) is 22.5 Å². The first kappa shape index (κ1) is 22.5. The number of nitrogens with one attached hydrogen (secondary N) is 1. The van der Waals surface area contributed by atoms with Crippen LogP contribution < -0.4 is 5.32 Å². The second kappa shape index (κ2) is 9.89. The fraction of sp³-hybridized carbons (Fsp3) is 0.138. The number of benzene rings is 3. The van der Waals surface area contributed by atoms with Crippen molar-refractivity contribution in [3.63, 3.8) is 0 Å². The van der Waals surface area contributed by atoms with Crippen molar-refractivity contribution in [2.24, 2.45) is 0 Å². The summed E-state index contributed by atoms with van der Waals surface area (Å²) in [6.45, 7) is 1.98. The maximum absolute atomic E-state index is 14.6. The standard InChI is InChI=1S/C29H25FN4O/c1-20(16-17-21-10-4-2-5-11-21)31-29(35)27-18-26(23-14-8-9-15-24(23)30)32-28-19-25(33-34(27)28)22-12-6-3-7-13-22/h2-15,18-20H,16-17H2,1H3,(H,31,35)/t20-/m1/s1. The molecule has 5 aromatic rings. The highest BCUT2D eigenvalue weighted by Gasteiger charge is 2.19. The van der Waals surface area contributed by atoms with Crippen LogP contribution in [0.4, 0.5) is 4.39 Å². The number of carbonyl (C=O) groups excluding carboxylic acids is 1. The molecule has 35 heavy (non-hydrogen) atoms. The molecular weight excluding hydrogens is 439 g/mol. The molecule has 2 heterocycles. The third-order valence-corrected chi connectivity index (χ3v) is 5.97. The van der Waals surface area contributed by atoms with Gasteiger partial charge in [0.25, 0.3) is 5.91 Å². The van der Waals surface area contributed by atoms with Crippen molar-refractivity contribution in [1.82, 2.24) is 19.9 Å². The molecule has 5 nitrogen and oxygen atoms in total. The number of nitrogens with zero attached hydrogens (tertiary/aromatic N) is 3. The first-order valence-electron chi connectivity index (χ1n) is 11.6. The first-order chi connectivity index (χ1) is 17.1. The van der Waals surface area contributed by atoms with Crippen LogP contribution in [0.3, 0.4) is 0 Å². The van der Waals surface area contributed by atoms with E-state index < -0.39 is 5.82 Å². The van der Waals surface area contributed by atoms with E-state index in [1.165, 1.54) is 16.1 Å². The molecule has 0 bridgehead atoms. The minimum atomic E-state index is -0.394. The van der Waals surface area contributed by atoms with Crippen LogP contribution in [-0.2, 0) is 6.42 Å². The Hall–Kier alpha value is -4.32. The van der Waals surface area contributed by atoms with Gasteiger partial charge in [-0.1, -0.05) is 72.8 Å². The molecule has 0 aliphatic rings. The molecule has 3 aromatic carbocycles. The molecule has 174 valence electrons. The van der Waals surface area contributed by atoms with Gasteiger partial charge in [0.15, 0.2) is 5.65 Å². The van der Waals surface area contributed by atoms with Gasteiger partial charge in [-0.3, -0.25) is 4.79 Å². The molecule has 0 unspecified atom stereocenters. The maximum Gasteiger partial charge on any atom is 0.270 e. The third-order valence-electron chi connectivity index (χ3n) is 5.97. The van der Waals surface area contributed by atoms with Crippen molar-refractivity contribution < 1.29 is 9.18 Å². The van der Waals surface area contributed by atoms with Gasteiger partial charge in [-0.05, 0) is 43.5 Å². The molecule has 0 saturated carbocycles. The van der Waals surface area contributed by atoms with Crippen molar-refractivity contribution in [2.75, 3.05) is 0 Å². The number of aryl methyl sites for hydroxylation is 1. The monoisotopic (exact) mass is 464 g/mol. The topological polar surface area (TPSA) is 59.3 Å². The molecule has 5 rings (SSSR count). The van der Waals surface area contributed by atoms with Crippen LogP contribution in [0.1, 0.15) is 29.4 Å². The number of rotatable bonds is 7. The van der Waals surface area contributed by atoms with Gasteiger partial charge in [0.1, 0.15) is 11.5 Å². The summed E-state index contributed by atoms with van der Waals surface area (Å²) in [5, 5.41) is 7.74. The lowest BCUT2D eigenvalue weighted by Gasteiger charge is -2.15. The summed E-state index contributed by atoms with van der Waals surface area (Å²) in [6.07, 6.45) is 1.65. The van der Waals surface area contributed by atoms with E-state index in [1.807, 2.05) is 61.5 Å². The molecule has 1 amide bonds. The molecule has 0 spiro atoms. The van der Waals surface area contributed by atoms with Gasteiger partial charge in [-0.25, -0.2) is 13.9 Å². The van der Waals surface area contributed by atoms with E-state index in [0.717, 1.165) is 18.4 Å². The van der Waals surface area contributed by atoms with Crippen LogP contribution in [0, 0.1) is 5.82 Å². The SMILES string of the molecule is C[C@H](CCc1ccccc1)NC(=O)c1cc(-c2ccccc2F)nc2cc(-c3ccccc3)nn12. The summed E-state index contributed by atoms with van der Waals surface area (Å²) in [5.74, 6) is -0.673. The van der Waals surface area contributed by atoms with Crippen LogP contribution in [0.5, 0.6) is 0 Å². The Labute approximate surface area is 203 Å². The summed E-state index contributed by atoms with van der Waals surface area (Å²) in [5.41, 5.74) is 4.33. The number of carbonyl (C=O) groups is 1. The summed E-state index contributed by atoms with van der Waals surface area (Å²) in [7, 11) is 0. The minimum absolute atomic E-state index is 0.0630. The summed E-state index contributed by atoms with van der Waals surface area (Å²) >= 11 is 0. The van der Waals surface area contributed by atoms with Crippen molar-refractivity contribution in [3.05, 3.63) is 114 Å². The molecule has 1 N–H and O–H groups in total. The van der Waals surface area contributed by atoms with Gasteiger partial charge in [-0.15, -0.1) is 0 Å². The predicted octanol–water partition coefficient (Wildman–Crippen LogP) is 5.95. The lowest BCUT2D eigenvalue weighted by atomic mass is 10.1. The molecular formula is C29H25FN4O. The van der Waals surface area contributed by atoms with Gasteiger partial charge >= 0.3 is 0 Å². The van der Waals surface area contributed by atoms with E-state index in [-0.39, 0.29) is 11.9 Å². The van der Waals surface area contributed by atoms with Crippen molar-refractivity contribution in [1.29, 1.82) is 0 Å². The van der Waals surface area contributed by atoms with Crippen LogP contribution in [0.25, 0.3) is 28.2 Å². The van der Waals surface area contributed by atoms with E-state index >= 15 is 0 Å². The highest BCUT2D eigenvalue weighted by Crippen LogP contribution is 2.25. The lowest BCUT2D eigenvalue weighted by Crippen LogP contribution is -2.34. The smallest absolute Gasteiger partial charge is 0.270 e. The fourth-order valence-corrected chi connectivity index (χ4v) is 4.09. The normalized spacial score (nSPS) is 11.9. The summed E-state index contributed by atoms with van der Waals surface area (Å²) < 4.78 is 16.1. The minimum Gasteiger partial charge on any atom is -0.348 e. The Bertz CT molecular complexity index is 1460. The largest absolute Gasteiger partial charge is 0.348 e. The Morgan fingerprint density at radius 2 is 1.60 bits per heavy atom. The predicted molar refractivity (Wildman–Crippen MR) is 136 cm³/mol. The van der Waals surface area contributed by atoms with E-state index in [1.54, 1.807) is 24.3 Å². The number of fused-ring (bicyclic) bond motifs is 1. The average Bonchev–Trinajstić information content (AvgIpc) is 3.32. The Kier molecular flexibility index (Phi) is 6.35. The second-order valence-corrected chi connectivity index (χ2v) is 8.57. The molecule has 0 aliphatic heterocycles. The van der Waals surface area contributed by atoms with E-state index in [2.05, 4.69) is 27.5 Å². The first-order valence-corrected chi connectivity index (χ1v) is 11.6. The van der Waals surface area contributed by atoms with Gasteiger partial charge < -0.3 is 5.32 Å². The van der Waals surface area contributed by atoms with E-state index in [0.29, 0.717) is 28.3 Å². The Balaban J connectivity index is 1.50. The Morgan fingerprint density at radius 1 is 0.914 bits per heavy atom. The molecule has 1 atom stereocenters. The highest BCUT2D eigenvalue weighted by molar-refractivity contribution is 5.94. The zero-order valence-corrected chi connectivity index (χ0v) is 19.4. The molecule has 0 aliphatic carbocycles. The van der Waals surface area contributed by atoms with Crippen LogP contribution in [0.15, 0.2) is 97.1 Å². The highest BCUT2D eigenvalue weighted by atomic mass is 19.1. The van der Waals surface area contributed by atoms with Gasteiger partial charge in [-0.2, -0.15) is 5.10 Å². The zero-order valence-electron chi connectivity index (χ0n) is 19.4. The summed E-state index contributed by atoms with van der Waals surface area (Å²) in [4.78, 5) is 18.0. The number of halogens is 1. The molecule has 2 aromatic heterocycles. The van der Waals surface area contributed by atoms with E-state index in [4.69, 9.17) is 0 Å².